The van der Waals surface area contributed by atoms with E-state index in [2.05, 4.69) is 17.4 Å². The number of hydrogen-bond donors (Lipinski definition) is 1. The molecule has 1 atom stereocenters. The Balaban J connectivity index is 1.69. The molecular weight excluding hydrogens is 292 g/mol. The van der Waals surface area contributed by atoms with Crippen molar-refractivity contribution in [2.45, 2.75) is 26.2 Å². The van der Waals surface area contributed by atoms with Gasteiger partial charge in [-0.05, 0) is 38.3 Å². The molecule has 1 heterocycles. The molecule has 1 aromatic carbocycles. The fourth-order valence-electron chi connectivity index (χ4n) is 2.90. The molecule has 5 nitrogen and oxygen atoms in total. The molecule has 1 amide bonds. The van der Waals surface area contributed by atoms with Crippen LogP contribution in [0, 0.1) is 5.92 Å². The quantitative estimate of drug-likeness (QED) is 0.776. The highest BCUT2D eigenvalue weighted by molar-refractivity contribution is 5.78. The topological polar surface area (TPSA) is 58.6 Å². The molecule has 1 fully saturated rings. The predicted octanol–water partition coefficient (Wildman–Crippen LogP) is 1.62. The zero-order chi connectivity index (χ0) is 16.5. The van der Waals surface area contributed by atoms with Gasteiger partial charge in [0, 0.05) is 13.1 Å². The van der Waals surface area contributed by atoms with E-state index in [4.69, 9.17) is 4.74 Å². The van der Waals surface area contributed by atoms with E-state index in [1.165, 1.54) is 5.56 Å². The summed E-state index contributed by atoms with van der Waals surface area (Å²) in [6, 6.07) is 10.1. The van der Waals surface area contributed by atoms with Gasteiger partial charge in [-0.25, -0.2) is 0 Å². The number of carbonyl (C=O) groups excluding carboxylic acids is 2. The first kappa shape index (κ1) is 17.5. The van der Waals surface area contributed by atoms with Crippen LogP contribution in [0.25, 0.3) is 0 Å². The van der Waals surface area contributed by atoms with Crippen LogP contribution in [-0.2, 0) is 20.7 Å². The summed E-state index contributed by atoms with van der Waals surface area (Å²) < 4.78 is 5.08. The lowest BCUT2D eigenvalue weighted by molar-refractivity contribution is -0.150. The number of nitrogens with one attached hydrogen (secondary N) is 1. The summed E-state index contributed by atoms with van der Waals surface area (Å²) in [6.07, 6.45) is 2.61. The second kappa shape index (κ2) is 9.30. The standard InChI is InChI=1S/C18H26N2O3/c1-2-23-18(22)16-9-6-12-20(13-16)14-17(21)19-11-10-15-7-4-3-5-8-15/h3-5,7-8,16H,2,6,9-14H2,1H3,(H,19,21). The Hall–Kier alpha value is -1.88. The molecular formula is C18H26N2O3. The molecule has 1 aromatic rings. The highest BCUT2D eigenvalue weighted by Gasteiger charge is 2.27. The average Bonchev–Trinajstić information content (AvgIpc) is 2.56. The second-order valence-electron chi connectivity index (χ2n) is 5.91. The lowest BCUT2D eigenvalue weighted by atomic mass is 9.98. The SMILES string of the molecule is CCOC(=O)C1CCCN(CC(=O)NCCc2ccccc2)C1. The van der Waals surface area contributed by atoms with Crippen molar-refractivity contribution in [2.24, 2.45) is 5.92 Å². The summed E-state index contributed by atoms with van der Waals surface area (Å²) in [7, 11) is 0. The Labute approximate surface area is 138 Å². The lowest BCUT2D eigenvalue weighted by Gasteiger charge is -2.30. The molecule has 0 radical (unpaired) electrons. The zero-order valence-electron chi connectivity index (χ0n) is 13.8. The van der Waals surface area contributed by atoms with E-state index < -0.39 is 0 Å². The van der Waals surface area contributed by atoms with Crippen LogP contribution in [0.3, 0.4) is 0 Å². The first-order valence-electron chi connectivity index (χ1n) is 8.38. The van der Waals surface area contributed by atoms with Crippen molar-refractivity contribution in [3.05, 3.63) is 35.9 Å². The Morgan fingerprint density at radius 2 is 2.09 bits per heavy atom. The van der Waals surface area contributed by atoms with Gasteiger partial charge in [0.05, 0.1) is 19.1 Å². The van der Waals surface area contributed by atoms with Gasteiger partial charge >= 0.3 is 5.97 Å². The minimum absolute atomic E-state index is 0.0189. The number of carbonyl (C=O) groups is 2. The molecule has 0 saturated carbocycles. The van der Waals surface area contributed by atoms with Gasteiger partial charge in [-0.1, -0.05) is 30.3 Å². The highest BCUT2D eigenvalue weighted by Crippen LogP contribution is 2.17. The Morgan fingerprint density at radius 1 is 1.30 bits per heavy atom. The first-order chi connectivity index (χ1) is 11.2. The summed E-state index contributed by atoms with van der Waals surface area (Å²) >= 11 is 0. The minimum Gasteiger partial charge on any atom is -0.466 e. The van der Waals surface area contributed by atoms with Crippen molar-refractivity contribution in [2.75, 3.05) is 32.8 Å². The van der Waals surface area contributed by atoms with Crippen LogP contribution >= 0.6 is 0 Å². The third-order valence-electron chi connectivity index (χ3n) is 4.07. The summed E-state index contributed by atoms with van der Waals surface area (Å²) in [5, 5.41) is 2.95. The average molecular weight is 318 g/mol. The van der Waals surface area contributed by atoms with E-state index in [0.717, 1.165) is 25.8 Å². The van der Waals surface area contributed by atoms with Crippen molar-refractivity contribution in [1.82, 2.24) is 10.2 Å². The summed E-state index contributed by atoms with van der Waals surface area (Å²) in [5.74, 6) is -0.215. The van der Waals surface area contributed by atoms with Gasteiger partial charge in [0.25, 0.3) is 0 Å². The van der Waals surface area contributed by atoms with Gasteiger partial charge in [-0.3, -0.25) is 14.5 Å². The largest absolute Gasteiger partial charge is 0.466 e. The number of hydrogen-bond acceptors (Lipinski definition) is 4. The maximum atomic E-state index is 12.0. The number of nitrogens with zero attached hydrogens (tertiary/aromatic N) is 1. The van der Waals surface area contributed by atoms with Crippen molar-refractivity contribution >= 4 is 11.9 Å². The van der Waals surface area contributed by atoms with Crippen molar-refractivity contribution in [3.8, 4) is 0 Å². The second-order valence-corrected chi connectivity index (χ2v) is 5.91. The monoisotopic (exact) mass is 318 g/mol. The number of benzene rings is 1. The number of esters is 1. The molecule has 126 valence electrons. The molecule has 1 unspecified atom stereocenters. The van der Waals surface area contributed by atoms with Gasteiger partial charge in [-0.15, -0.1) is 0 Å². The summed E-state index contributed by atoms with van der Waals surface area (Å²) in [6.45, 7) is 4.70. The van der Waals surface area contributed by atoms with Crippen LogP contribution in [0.2, 0.25) is 0 Å². The lowest BCUT2D eigenvalue weighted by Crippen LogP contribution is -2.44. The van der Waals surface area contributed by atoms with Gasteiger partial charge in [0.1, 0.15) is 0 Å². The molecule has 1 N–H and O–H groups in total. The highest BCUT2D eigenvalue weighted by atomic mass is 16.5. The maximum Gasteiger partial charge on any atom is 0.310 e. The Morgan fingerprint density at radius 3 is 2.83 bits per heavy atom. The third kappa shape index (κ3) is 6.02. The predicted molar refractivity (Wildman–Crippen MR) is 89.0 cm³/mol. The van der Waals surface area contributed by atoms with Crippen LogP contribution in [-0.4, -0.2) is 49.6 Å². The smallest absolute Gasteiger partial charge is 0.310 e. The van der Waals surface area contributed by atoms with Gasteiger partial charge in [0.2, 0.25) is 5.91 Å². The van der Waals surface area contributed by atoms with E-state index in [9.17, 15) is 9.59 Å². The van der Waals surface area contributed by atoms with Crippen molar-refractivity contribution in [3.63, 3.8) is 0 Å². The summed E-state index contributed by atoms with van der Waals surface area (Å²) in [5.41, 5.74) is 1.22. The van der Waals surface area contributed by atoms with Gasteiger partial charge in [0.15, 0.2) is 0 Å². The molecule has 23 heavy (non-hydrogen) atoms. The van der Waals surface area contributed by atoms with Crippen LogP contribution in [0.15, 0.2) is 30.3 Å². The number of rotatable bonds is 7. The van der Waals surface area contributed by atoms with Crippen LogP contribution in [0.4, 0.5) is 0 Å². The number of likely N-dealkylation sites (tertiary alicyclic amines) is 1. The fraction of sp³-hybridized carbons (Fsp3) is 0.556. The van der Waals surface area contributed by atoms with E-state index >= 15 is 0 Å². The molecule has 2 rings (SSSR count). The van der Waals surface area contributed by atoms with Gasteiger partial charge in [-0.2, -0.15) is 0 Å². The third-order valence-corrected chi connectivity index (χ3v) is 4.07. The molecule has 1 aliphatic rings. The maximum absolute atomic E-state index is 12.0. The number of amides is 1. The van der Waals surface area contributed by atoms with Crippen LogP contribution in [0.1, 0.15) is 25.3 Å². The number of piperidine rings is 1. The molecule has 1 saturated heterocycles. The van der Waals surface area contributed by atoms with E-state index in [1.54, 1.807) is 0 Å². The van der Waals surface area contributed by atoms with Crippen LogP contribution < -0.4 is 5.32 Å². The van der Waals surface area contributed by atoms with Crippen molar-refractivity contribution in [1.29, 1.82) is 0 Å². The normalized spacial score (nSPS) is 18.4. The molecule has 0 aliphatic carbocycles. The minimum atomic E-state index is -0.137. The van der Waals surface area contributed by atoms with E-state index in [0.29, 0.717) is 26.2 Å². The molecule has 5 heteroatoms. The number of ether oxygens (including phenoxy) is 1. The first-order valence-corrected chi connectivity index (χ1v) is 8.38. The molecule has 0 aromatic heterocycles. The van der Waals surface area contributed by atoms with E-state index in [-0.39, 0.29) is 17.8 Å². The molecule has 0 bridgehead atoms. The Bertz CT molecular complexity index is 504. The molecule has 1 aliphatic heterocycles. The fourth-order valence-corrected chi connectivity index (χ4v) is 2.90. The van der Waals surface area contributed by atoms with Crippen LogP contribution in [0.5, 0.6) is 0 Å². The van der Waals surface area contributed by atoms with Gasteiger partial charge < -0.3 is 10.1 Å². The Kier molecular flexibility index (Phi) is 7.07. The summed E-state index contributed by atoms with van der Waals surface area (Å²) in [4.78, 5) is 25.9. The van der Waals surface area contributed by atoms with Crippen molar-refractivity contribution < 1.29 is 14.3 Å². The zero-order valence-corrected chi connectivity index (χ0v) is 13.8. The van der Waals surface area contributed by atoms with E-state index in [1.807, 2.05) is 30.0 Å². The molecule has 0 spiro atoms.